The van der Waals surface area contributed by atoms with Crippen molar-refractivity contribution in [3.63, 3.8) is 0 Å². The molecule has 2 aromatic rings. The van der Waals surface area contributed by atoms with Gasteiger partial charge < -0.3 is 14.6 Å². The molecule has 1 unspecified atom stereocenters. The van der Waals surface area contributed by atoms with Crippen molar-refractivity contribution in [1.82, 2.24) is 0 Å². The van der Waals surface area contributed by atoms with Crippen molar-refractivity contribution in [2.24, 2.45) is 23.7 Å². The number of unbranched alkanes of at least 4 members (excludes halogenated alkanes) is 1. The van der Waals surface area contributed by atoms with Gasteiger partial charge in [-0.1, -0.05) is 67.3 Å². The monoisotopic (exact) mass is 676 g/mol. The van der Waals surface area contributed by atoms with E-state index in [2.05, 4.69) is 61.7 Å². The predicted molar refractivity (Wildman–Crippen MR) is 198 cm³/mol. The van der Waals surface area contributed by atoms with Gasteiger partial charge in [0, 0.05) is 5.57 Å². The highest BCUT2D eigenvalue weighted by molar-refractivity contribution is 5.86. The molecule has 0 bridgehead atoms. The normalized spacial score (nSPS) is 21.1. The fourth-order valence-electron chi connectivity index (χ4n) is 7.76. The molecule has 2 aromatic carbocycles. The summed E-state index contributed by atoms with van der Waals surface area (Å²) in [4.78, 5) is 22.4. The zero-order valence-electron chi connectivity index (χ0n) is 30.2. The van der Waals surface area contributed by atoms with E-state index in [4.69, 9.17) is 14.6 Å². The SMILES string of the molecule is C=C(C)C(=O)OCCCC(CCOC=O)C1CCC(C2CCC(c3ccc(-c4ccc(CCCCF)cc4)cc3)CC2)CC1.C=C(C)CO. The molecule has 1 N–H and O–H groups in total. The molecule has 270 valence electrons. The molecule has 5 nitrogen and oxygen atoms in total. The summed E-state index contributed by atoms with van der Waals surface area (Å²) in [6.07, 6.45) is 15.6. The number of rotatable bonds is 18. The highest BCUT2D eigenvalue weighted by Gasteiger charge is 2.33. The lowest BCUT2D eigenvalue weighted by molar-refractivity contribution is -0.139. The van der Waals surface area contributed by atoms with Crippen LogP contribution in [0.15, 0.2) is 72.8 Å². The number of hydrogen-bond donors (Lipinski definition) is 1. The molecule has 2 aliphatic rings. The van der Waals surface area contributed by atoms with E-state index in [0.29, 0.717) is 49.4 Å². The Bertz CT molecular complexity index is 1250. The summed E-state index contributed by atoms with van der Waals surface area (Å²) in [5, 5.41) is 8.04. The van der Waals surface area contributed by atoms with Crippen LogP contribution in [0, 0.1) is 23.7 Å². The lowest BCUT2D eigenvalue weighted by atomic mass is 9.66. The number of ether oxygens (including phenoxy) is 2. The van der Waals surface area contributed by atoms with E-state index in [9.17, 15) is 14.0 Å². The van der Waals surface area contributed by atoms with Gasteiger partial charge in [-0.2, -0.15) is 0 Å². The second-order valence-electron chi connectivity index (χ2n) is 14.4. The van der Waals surface area contributed by atoms with E-state index in [1.807, 2.05) is 0 Å². The molecule has 2 saturated carbocycles. The zero-order valence-corrected chi connectivity index (χ0v) is 30.2. The van der Waals surface area contributed by atoms with E-state index in [0.717, 1.165) is 49.5 Å². The van der Waals surface area contributed by atoms with Gasteiger partial charge in [-0.15, -0.1) is 0 Å². The van der Waals surface area contributed by atoms with Crippen LogP contribution in [-0.2, 0) is 25.5 Å². The number of alkyl halides is 1. The van der Waals surface area contributed by atoms with Gasteiger partial charge in [0.2, 0.25) is 0 Å². The van der Waals surface area contributed by atoms with Crippen LogP contribution in [-0.4, -0.2) is 44.0 Å². The van der Waals surface area contributed by atoms with Crippen molar-refractivity contribution < 1.29 is 28.6 Å². The molecule has 0 spiro atoms. The van der Waals surface area contributed by atoms with Crippen LogP contribution in [0.4, 0.5) is 4.39 Å². The van der Waals surface area contributed by atoms with Gasteiger partial charge in [0.05, 0.1) is 26.5 Å². The summed E-state index contributed by atoms with van der Waals surface area (Å²) in [5.41, 5.74) is 6.52. The Morgan fingerprint density at radius 3 is 1.94 bits per heavy atom. The van der Waals surface area contributed by atoms with E-state index in [1.54, 1.807) is 13.8 Å². The minimum Gasteiger partial charge on any atom is -0.468 e. The third kappa shape index (κ3) is 14.3. The number of aliphatic hydroxyl groups is 1. The summed E-state index contributed by atoms with van der Waals surface area (Å²) in [5.74, 6) is 3.18. The summed E-state index contributed by atoms with van der Waals surface area (Å²) in [7, 11) is 0. The molecule has 0 radical (unpaired) electrons. The molecule has 2 aliphatic carbocycles. The quantitative estimate of drug-likeness (QED) is 0.0559. The van der Waals surface area contributed by atoms with Crippen LogP contribution in [0.1, 0.15) is 114 Å². The lowest BCUT2D eigenvalue weighted by Gasteiger charge is -2.40. The average molecular weight is 677 g/mol. The molecule has 2 fully saturated rings. The summed E-state index contributed by atoms with van der Waals surface area (Å²) in [6, 6.07) is 18.0. The number of halogens is 1. The number of hydrogen-bond acceptors (Lipinski definition) is 5. The third-order valence-electron chi connectivity index (χ3n) is 10.7. The van der Waals surface area contributed by atoms with E-state index < -0.39 is 0 Å². The smallest absolute Gasteiger partial charge is 0.333 e. The van der Waals surface area contributed by atoms with Crippen LogP contribution in [0.3, 0.4) is 0 Å². The average Bonchev–Trinajstić information content (AvgIpc) is 3.13. The largest absolute Gasteiger partial charge is 0.468 e. The van der Waals surface area contributed by atoms with Crippen LogP contribution < -0.4 is 0 Å². The molecule has 4 rings (SSSR count). The fourth-order valence-corrected chi connectivity index (χ4v) is 7.76. The zero-order chi connectivity index (χ0) is 35.4. The Hall–Kier alpha value is -3.25. The number of aryl methyl sites for hydroxylation is 1. The molecular formula is C43H61FO5. The molecule has 6 heteroatoms. The third-order valence-corrected chi connectivity index (χ3v) is 10.7. The van der Waals surface area contributed by atoms with Gasteiger partial charge in [0.25, 0.3) is 6.47 Å². The van der Waals surface area contributed by atoms with Crippen molar-refractivity contribution in [1.29, 1.82) is 0 Å². The van der Waals surface area contributed by atoms with Crippen molar-refractivity contribution in [3.8, 4) is 11.1 Å². The van der Waals surface area contributed by atoms with Crippen molar-refractivity contribution in [2.75, 3.05) is 26.5 Å². The molecule has 49 heavy (non-hydrogen) atoms. The minimum atomic E-state index is -0.317. The van der Waals surface area contributed by atoms with Gasteiger partial charge in [-0.3, -0.25) is 9.18 Å². The van der Waals surface area contributed by atoms with Crippen LogP contribution in [0.2, 0.25) is 0 Å². The Kier molecular flexibility index (Phi) is 18.4. The highest BCUT2D eigenvalue weighted by Crippen LogP contribution is 2.46. The number of carbonyl (C=O) groups excluding carboxylic acids is 2. The lowest BCUT2D eigenvalue weighted by Crippen LogP contribution is -2.28. The molecule has 0 aromatic heterocycles. The number of carbonyl (C=O) groups is 2. The Labute approximate surface area is 295 Å². The minimum absolute atomic E-state index is 0.111. The van der Waals surface area contributed by atoms with E-state index in [-0.39, 0.29) is 19.3 Å². The molecule has 0 aliphatic heterocycles. The van der Waals surface area contributed by atoms with Gasteiger partial charge in [-0.05, 0) is 156 Å². The van der Waals surface area contributed by atoms with Gasteiger partial charge >= 0.3 is 5.97 Å². The summed E-state index contributed by atoms with van der Waals surface area (Å²) >= 11 is 0. The fraction of sp³-hybridized carbons (Fsp3) is 0.581. The van der Waals surface area contributed by atoms with Crippen LogP contribution in [0.5, 0.6) is 0 Å². The van der Waals surface area contributed by atoms with Gasteiger partial charge in [-0.25, -0.2) is 4.79 Å². The Morgan fingerprint density at radius 1 is 0.837 bits per heavy atom. The predicted octanol–water partition coefficient (Wildman–Crippen LogP) is 10.4. The van der Waals surface area contributed by atoms with Gasteiger partial charge in [0.1, 0.15) is 0 Å². The number of benzene rings is 2. The van der Waals surface area contributed by atoms with Crippen molar-refractivity contribution in [3.05, 3.63) is 84.0 Å². The molecule has 1 atom stereocenters. The first-order chi connectivity index (χ1) is 23.7. The second-order valence-corrected chi connectivity index (χ2v) is 14.4. The first-order valence-corrected chi connectivity index (χ1v) is 18.6. The maximum absolute atomic E-state index is 12.4. The van der Waals surface area contributed by atoms with Crippen molar-refractivity contribution in [2.45, 2.75) is 110 Å². The maximum Gasteiger partial charge on any atom is 0.333 e. The second kappa shape index (κ2) is 22.5. The van der Waals surface area contributed by atoms with Gasteiger partial charge in [0.15, 0.2) is 0 Å². The Balaban J connectivity index is 0.00000121. The van der Waals surface area contributed by atoms with E-state index in [1.165, 1.54) is 73.6 Å². The van der Waals surface area contributed by atoms with Crippen molar-refractivity contribution >= 4 is 12.4 Å². The maximum atomic E-state index is 12.4. The highest BCUT2D eigenvalue weighted by atomic mass is 19.1. The summed E-state index contributed by atoms with van der Waals surface area (Å²) < 4.78 is 22.7. The molecule has 0 amide bonds. The van der Waals surface area contributed by atoms with Crippen LogP contribution in [0.25, 0.3) is 11.1 Å². The number of esters is 1. The molecule has 0 heterocycles. The first-order valence-electron chi connectivity index (χ1n) is 18.6. The number of aliphatic hydroxyl groups excluding tert-OH is 1. The standard InChI is InChI=1S/C39H53FO4.C4H8O/c1-29(2)39(42)44-26-5-7-31(24-27-43-28-41)33-12-14-35(15-13-33)37-20-22-38(23-21-37)36-18-16-34(17-19-36)32-10-8-30(9-11-32)6-3-4-25-40;1-4(2)3-5/h8-11,16-19,28,31,33,35,37-38H,1,3-7,12-15,20-27H2,2H3;5H,1,3H2,2H3. The first kappa shape index (κ1) is 40.2. The molecule has 0 saturated heterocycles. The summed E-state index contributed by atoms with van der Waals surface area (Å²) in [6.45, 7) is 11.9. The molecular weight excluding hydrogens is 615 g/mol. The van der Waals surface area contributed by atoms with E-state index >= 15 is 0 Å². The Morgan fingerprint density at radius 2 is 1.41 bits per heavy atom. The van der Waals surface area contributed by atoms with Crippen LogP contribution >= 0.6 is 0 Å². The topological polar surface area (TPSA) is 72.8 Å².